The average molecular weight is 444 g/mol. The molecule has 0 radical (unpaired) electrons. The second-order valence-corrected chi connectivity index (χ2v) is 7.42. The highest BCUT2D eigenvalue weighted by Gasteiger charge is 2.49. The zero-order chi connectivity index (χ0) is 21.9. The van der Waals surface area contributed by atoms with E-state index in [-0.39, 0.29) is 23.1 Å². The lowest BCUT2D eigenvalue weighted by Crippen LogP contribution is -2.30. The molecule has 0 atom stereocenters. The molecule has 0 spiro atoms. The van der Waals surface area contributed by atoms with Gasteiger partial charge in [0.2, 0.25) is 0 Å². The van der Waals surface area contributed by atoms with Crippen molar-refractivity contribution in [1.82, 2.24) is 9.78 Å². The van der Waals surface area contributed by atoms with E-state index in [1.807, 2.05) is 0 Å². The van der Waals surface area contributed by atoms with Crippen LogP contribution in [-0.2, 0) is 14.9 Å². The number of aromatic nitrogens is 2. The molecule has 2 aromatic carbocycles. The van der Waals surface area contributed by atoms with E-state index in [1.165, 1.54) is 55.6 Å². The molecule has 0 fully saturated rings. The van der Waals surface area contributed by atoms with Gasteiger partial charge in [-0.1, -0.05) is 12.1 Å². The molecule has 12 heteroatoms. The molecule has 8 nitrogen and oxygen atoms in total. The van der Waals surface area contributed by atoms with Gasteiger partial charge in [0.05, 0.1) is 23.1 Å². The van der Waals surface area contributed by atoms with Crippen molar-refractivity contribution in [1.29, 1.82) is 0 Å². The summed E-state index contributed by atoms with van der Waals surface area (Å²) in [7, 11) is -4.47. The average Bonchev–Trinajstić information content (AvgIpc) is 2.70. The van der Waals surface area contributed by atoms with Gasteiger partial charge in [-0.25, -0.2) is 0 Å². The molecule has 30 heavy (non-hydrogen) atoms. The predicted molar refractivity (Wildman–Crippen MR) is 100 cm³/mol. The summed E-state index contributed by atoms with van der Waals surface area (Å²) in [5.41, 5.74) is -6.16. The summed E-state index contributed by atoms with van der Waals surface area (Å²) >= 11 is 0. The van der Waals surface area contributed by atoms with Crippen LogP contribution in [0.4, 0.5) is 13.2 Å². The Bertz CT molecular complexity index is 1210. The Hall–Kier alpha value is -3.12. The third-order valence-corrected chi connectivity index (χ3v) is 4.82. The monoisotopic (exact) mass is 444 g/mol. The molecule has 0 aliphatic heterocycles. The van der Waals surface area contributed by atoms with Crippen LogP contribution in [0.15, 0.2) is 53.3 Å². The molecule has 160 valence electrons. The fourth-order valence-corrected chi connectivity index (χ4v) is 2.90. The van der Waals surface area contributed by atoms with Gasteiger partial charge in [0.25, 0.3) is 11.4 Å². The summed E-state index contributed by atoms with van der Waals surface area (Å²) < 4.78 is 76.5. The SMILES string of the molecule is COCCOc1ccc(-n2nc(OS(=O)(=O)C(F)(F)F)c3ccccc3c2=O)cc1. The minimum atomic E-state index is -5.98. The summed E-state index contributed by atoms with van der Waals surface area (Å²) in [6.07, 6.45) is 0. The molecule has 0 N–H and O–H groups in total. The van der Waals surface area contributed by atoms with Crippen LogP contribution in [0.2, 0.25) is 0 Å². The highest BCUT2D eigenvalue weighted by Crippen LogP contribution is 2.29. The Morgan fingerprint density at radius 1 is 1.00 bits per heavy atom. The number of methoxy groups -OCH3 is 1. The molecule has 0 aliphatic carbocycles. The number of rotatable bonds is 7. The maximum absolute atomic E-state index is 12.8. The fraction of sp³-hybridized carbons (Fsp3) is 0.222. The van der Waals surface area contributed by atoms with Gasteiger partial charge in [-0.05, 0) is 36.4 Å². The number of fused-ring (bicyclic) bond motifs is 1. The van der Waals surface area contributed by atoms with Crippen molar-refractivity contribution in [3.05, 3.63) is 58.9 Å². The van der Waals surface area contributed by atoms with Crippen LogP contribution in [0.1, 0.15) is 0 Å². The zero-order valence-electron chi connectivity index (χ0n) is 15.4. The zero-order valence-corrected chi connectivity index (χ0v) is 16.2. The molecule has 0 unspecified atom stereocenters. The molecule has 0 amide bonds. The summed E-state index contributed by atoms with van der Waals surface area (Å²) in [6, 6.07) is 11.4. The molecule has 1 heterocycles. The molecule has 0 saturated carbocycles. The van der Waals surface area contributed by atoms with E-state index in [9.17, 15) is 26.4 Å². The van der Waals surface area contributed by atoms with Crippen LogP contribution in [0.5, 0.6) is 11.6 Å². The Labute approximate surface area is 168 Å². The van der Waals surface area contributed by atoms with Gasteiger partial charge >= 0.3 is 15.6 Å². The molecule has 1 aromatic heterocycles. The lowest BCUT2D eigenvalue weighted by molar-refractivity contribution is -0.0501. The Kier molecular flexibility index (Phi) is 5.99. The maximum Gasteiger partial charge on any atom is 0.534 e. The number of halogens is 3. The first-order chi connectivity index (χ1) is 14.1. The molecule has 0 saturated heterocycles. The minimum Gasteiger partial charge on any atom is -0.491 e. The van der Waals surface area contributed by atoms with Crippen LogP contribution >= 0.6 is 0 Å². The van der Waals surface area contributed by atoms with Gasteiger partial charge in [-0.15, -0.1) is 5.10 Å². The first-order valence-electron chi connectivity index (χ1n) is 8.39. The molecular weight excluding hydrogens is 429 g/mol. The summed E-state index contributed by atoms with van der Waals surface area (Å²) in [4.78, 5) is 12.8. The van der Waals surface area contributed by atoms with Gasteiger partial charge in [-0.3, -0.25) is 4.79 Å². The van der Waals surface area contributed by atoms with Crippen LogP contribution in [0, 0.1) is 0 Å². The van der Waals surface area contributed by atoms with Crippen molar-refractivity contribution in [3.63, 3.8) is 0 Å². The summed E-state index contributed by atoms with van der Waals surface area (Å²) in [5.74, 6) is -0.413. The van der Waals surface area contributed by atoms with E-state index in [2.05, 4.69) is 9.28 Å². The second kappa shape index (κ2) is 8.32. The van der Waals surface area contributed by atoms with E-state index in [0.29, 0.717) is 12.4 Å². The normalized spacial score (nSPS) is 12.1. The topological polar surface area (TPSA) is 96.7 Å². The molecule has 0 bridgehead atoms. The van der Waals surface area contributed by atoms with Crippen LogP contribution in [0.3, 0.4) is 0 Å². The number of alkyl halides is 3. The molecule has 3 rings (SSSR count). The van der Waals surface area contributed by atoms with E-state index >= 15 is 0 Å². The highest BCUT2D eigenvalue weighted by atomic mass is 32.2. The quantitative estimate of drug-likeness (QED) is 0.314. The largest absolute Gasteiger partial charge is 0.534 e. The third kappa shape index (κ3) is 4.39. The van der Waals surface area contributed by atoms with Gasteiger partial charge in [0, 0.05) is 7.11 Å². The molecular formula is C18H15F3N2O6S. The van der Waals surface area contributed by atoms with Gasteiger partial charge < -0.3 is 13.7 Å². The molecule has 3 aromatic rings. The lowest BCUT2D eigenvalue weighted by Gasteiger charge is -2.13. The summed E-state index contributed by atoms with van der Waals surface area (Å²) in [5, 5.41) is 3.47. The number of benzene rings is 2. The number of hydrogen-bond acceptors (Lipinski definition) is 7. The third-order valence-electron chi connectivity index (χ3n) is 3.88. The van der Waals surface area contributed by atoms with Crippen LogP contribution in [-0.4, -0.2) is 44.0 Å². The van der Waals surface area contributed by atoms with Gasteiger partial charge in [0.1, 0.15) is 12.4 Å². The van der Waals surface area contributed by atoms with Crippen molar-refractivity contribution in [2.45, 2.75) is 5.51 Å². The Morgan fingerprint density at radius 3 is 2.23 bits per heavy atom. The second-order valence-electron chi connectivity index (χ2n) is 5.89. The number of hydrogen-bond donors (Lipinski definition) is 0. The van der Waals surface area contributed by atoms with E-state index in [1.54, 1.807) is 0 Å². The van der Waals surface area contributed by atoms with Crippen LogP contribution in [0.25, 0.3) is 16.5 Å². The number of nitrogens with zero attached hydrogens (tertiary/aromatic N) is 2. The minimum absolute atomic E-state index is 0.0692. The lowest BCUT2D eigenvalue weighted by atomic mass is 10.2. The van der Waals surface area contributed by atoms with Crippen molar-refractivity contribution in [2.24, 2.45) is 0 Å². The number of ether oxygens (including phenoxy) is 2. The van der Waals surface area contributed by atoms with Crippen molar-refractivity contribution >= 4 is 20.9 Å². The molecule has 0 aliphatic rings. The Morgan fingerprint density at radius 2 is 1.63 bits per heavy atom. The van der Waals surface area contributed by atoms with Crippen molar-refractivity contribution in [2.75, 3.05) is 20.3 Å². The summed E-state index contributed by atoms with van der Waals surface area (Å²) in [6.45, 7) is 0.652. The first-order valence-corrected chi connectivity index (χ1v) is 9.80. The van der Waals surface area contributed by atoms with Crippen molar-refractivity contribution in [3.8, 4) is 17.3 Å². The van der Waals surface area contributed by atoms with Gasteiger partial charge in [-0.2, -0.15) is 26.3 Å². The Balaban J connectivity index is 2.08. The van der Waals surface area contributed by atoms with Gasteiger partial charge in [0.15, 0.2) is 0 Å². The van der Waals surface area contributed by atoms with E-state index < -0.39 is 27.1 Å². The predicted octanol–water partition coefficient (Wildman–Crippen LogP) is 2.64. The fourth-order valence-electron chi connectivity index (χ4n) is 2.47. The standard InChI is InChI=1S/C18H15F3N2O6S/c1-27-10-11-28-13-8-6-12(7-9-13)23-17(24)15-5-3-2-4-14(15)16(22-23)29-30(25,26)18(19,20)21/h2-9H,10-11H2,1H3. The maximum atomic E-state index is 12.8. The van der Waals surface area contributed by atoms with E-state index in [0.717, 1.165) is 4.68 Å². The van der Waals surface area contributed by atoms with E-state index in [4.69, 9.17) is 9.47 Å². The van der Waals surface area contributed by atoms with Crippen molar-refractivity contribution < 1.29 is 35.2 Å². The first kappa shape index (κ1) is 21.6. The highest BCUT2D eigenvalue weighted by molar-refractivity contribution is 7.88. The van der Waals surface area contributed by atoms with Crippen LogP contribution < -0.4 is 14.5 Å². The smallest absolute Gasteiger partial charge is 0.491 e.